The van der Waals surface area contributed by atoms with Crippen LogP contribution >= 0.6 is 11.6 Å². The minimum atomic E-state index is -0.141. The second-order valence-electron chi connectivity index (χ2n) is 6.33. The molecule has 2 N–H and O–H groups in total. The maximum absolute atomic E-state index is 12.0. The number of urea groups is 1. The van der Waals surface area contributed by atoms with Gasteiger partial charge in [-0.25, -0.2) is 4.79 Å². The van der Waals surface area contributed by atoms with Crippen LogP contribution in [0.15, 0.2) is 24.3 Å². The lowest BCUT2D eigenvalue weighted by Gasteiger charge is -2.32. The molecule has 0 aromatic heterocycles. The molecule has 1 aromatic carbocycles. The largest absolute Gasteiger partial charge is 0.334 e. The number of likely N-dealkylation sites (tertiary alicyclic amines) is 1. The van der Waals surface area contributed by atoms with Crippen molar-refractivity contribution in [2.24, 2.45) is 5.92 Å². The summed E-state index contributed by atoms with van der Waals surface area (Å²) in [6.45, 7) is 7.96. The highest BCUT2D eigenvalue weighted by Gasteiger charge is 2.18. The number of carbonyl (C=O) groups is 1. The third-order valence-electron chi connectivity index (χ3n) is 4.05. The maximum Gasteiger partial charge on any atom is 0.315 e. The van der Waals surface area contributed by atoms with Gasteiger partial charge >= 0.3 is 6.03 Å². The molecule has 2 unspecified atom stereocenters. The SMILES string of the molecule is CC1CCCN(CC(C)NC(=O)NCc2ccccc2Cl)C1. The van der Waals surface area contributed by atoms with Crippen molar-refractivity contribution in [1.29, 1.82) is 0 Å². The summed E-state index contributed by atoms with van der Waals surface area (Å²) in [4.78, 5) is 14.4. The van der Waals surface area contributed by atoms with Gasteiger partial charge in [0.25, 0.3) is 0 Å². The highest BCUT2D eigenvalue weighted by Crippen LogP contribution is 2.15. The molecule has 1 heterocycles. The van der Waals surface area contributed by atoms with Crippen LogP contribution < -0.4 is 10.6 Å². The van der Waals surface area contributed by atoms with Gasteiger partial charge in [-0.15, -0.1) is 0 Å². The molecule has 0 bridgehead atoms. The van der Waals surface area contributed by atoms with Gasteiger partial charge in [-0.2, -0.15) is 0 Å². The molecule has 1 saturated heterocycles. The Morgan fingerprint density at radius 1 is 1.45 bits per heavy atom. The minimum absolute atomic E-state index is 0.136. The van der Waals surface area contributed by atoms with Gasteiger partial charge in [-0.3, -0.25) is 0 Å². The summed E-state index contributed by atoms with van der Waals surface area (Å²) in [5.41, 5.74) is 0.928. The van der Waals surface area contributed by atoms with Crippen LogP contribution in [0.25, 0.3) is 0 Å². The number of hydrogen-bond acceptors (Lipinski definition) is 2. The van der Waals surface area contributed by atoms with E-state index in [1.165, 1.54) is 12.8 Å². The molecule has 4 nitrogen and oxygen atoms in total. The van der Waals surface area contributed by atoms with E-state index in [2.05, 4.69) is 22.5 Å². The Balaban J connectivity index is 1.71. The molecule has 0 saturated carbocycles. The first-order valence-corrected chi connectivity index (χ1v) is 8.42. The van der Waals surface area contributed by atoms with E-state index in [0.29, 0.717) is 11.6 Å². The Morgan fingerprint density at radius 2 is 2.23 bits per heavy atom. The number of piperidine rings is 1. The van der Waals surface area contributed by atoms with Crippen molar-refractivity contribution >= 4 is 17.6 Å². The summed E-state index contributed by atoms with van der Waals surface area (Å²) >= 11 is 6.08. The summed E-state index contributed by atoms with van der Waals surface area (Å²) in [7, 11) is 0. The number of benzene rings is 1. The Hall–Kier alpha value is -1.26. The average molecular weight is 324 g/mol. The molecular formula is C17H26ClN3O. The summed E-state index contributed by atoms with van der Waals surface area (Å²) < 4.78 is 0. The third-order valence-corrected chi connectivity index (χ3v) is 4.42. The molecule has 22 heavy (non-hydrogen) atoms. The Morgan fingerprint density at radius 3 is 2.95 bits per heavy atom. The lowest BCUT2D eigenvalue weighted by molar-refractivity contribution is 0.169. The van der Waals surface area contributed by atoms with Gasteiger partial charge in [-0.05, 0) is 43.9 Å². The average Bonchev–Trinajstić information content (AvgIpc) is 2.46. The molecule has 1 aromatic rings. The van der Waals surface area contributed by atoms with Crippen LogP contribution in [-0.4, -0.2) is 36.6 Å². The molecule has 2 amide bonds. The van der Waals surface area contributed by atoms with Gasteiger partial charge in [0.2, 0.25) is 0 Å². The summed E-state index contributed by atoms with van der Waals surface area (Å²) in [6.07, 6.45) is 2.57. The second kappa shape index (κ2) is 8.39. The van der Waals surface area contributed by atoms with Gasteiger partial charge in [-0.1, -0.05) is 36.7 Å². The van der Waals surface area contributed by atoms with E-state index in [-0.39, 0.29) is 12.1 Å². The number of carbonyl (C=O) groups excluding carboxylic acids is 1. The van der Waals surface area contributed by atoms with Crippen molar-refractivity contribution in [2.45, 2.75) is 39.3 Å². The van der Waals surface area contributed by atoms with Crippen LogP contribution in [0.3, 0.4) is 0 Å². The molecule has 122 valence electrons. The molecule has 1 fully saturated rings. The predicted molar refractivity (Wildman–Crippen MR) is 91.1 cm³/mol. The van der Waals surface area contributed by atoms with E-state index in [4.69, 9.17) is 11.6 Å². The van der Waals surface area contributed by atoms with E-state index >= 15 is 0 Å². The topological polar surface area (TPSA) is 44.4 Å². The van der Waals surface area contributed by atoms with Gasteiger partial charge < -0.3 is 15.5 Å². The summed E-state index contributed by atoms with van der Waals surface area (Å²) in [6, 6.07) is 7.54. The van der Waals surface area contributed by atoms with Crippen LogP contribution in [0.5, 0.6) is 0 Å². The number of nitrogens with one attached hydrogen (secondary N) is 2. The first-order chi connectivity index (χ1) is 10.5. The summed E-state index contributed by atoms with van der Waals surface area (Å²) in [5, 5.41) is 6.54. The van der Waals surface area contributed by atoms with Crippen LogP contribution in [0.1, 0.15) is 32.3 Å². The number of nitrogens with zero attached hydrogens (tertiary/aromatic N) is 1. The fraction of sp³-hybridized carbons (Fsp3) is 0.588. The zero-order chi connectivity index (χ0) is 15.9. The van der Waals surface area contributed by atoms with Gasteiger partial charge in [0.15, 0.2) is 0 Å². The van der Waals surface area contributed by atoms with Crippen molar-refractivity contribution in [3.8, 4) is 0 Å². The Bertz CT molecular complexity index is 495. The standard InChI is InChI=1S/C17H26ClN3O/c1-13-6-5-9-21(11-13)12-14(2)20-17(22)19-10-15-7-3-4-8-16(15)18/h3-4,7-8,13-14H,5-6,9-12H2,1-2H3,(H2,19,20,22). The first kappa shape index (κ1) is 17.1. The van der Waals surface area contributed by atoms with E-state index < -0.39 is 0 Å². The van der Waals surface area contributed by atoms with E-state index in [1.807, 2.05) is 31.2 Å². The molecule has 1 aliphatic heterocycles. The van der Waals surface area contributed by atoms with Gasteiger partial charge in [0.1, 0.15) is 0 Å². The monoisotopic (exact) mass is 323 g/mol. The molecule has 0 spiro atoms. The zero-order valence-corrected chi connectivity index (χ0v) is 14.2. The Kier molecular flexibility index (Phi) is 6.52. The first-order valence-electron chi connectivity index (χ1n) is 8.04. The molecule has 0 radical (unpaired) electrons. The predicted octanol–water partition coefficient (Wildman–Crippen LogP) is 3.26. The number of halogens is 1. The van der Waals surface area contributed by atoms with Crippen molar-refractivity contribution in [2.75, 3.05) is 19.6 Å². The van der Waals surface area contributed by atoms with E-state index in [9.17, 15) is 4.79 Å². The molecular weight excluding hydrogens is 298 g/mol. The molecule has 2 atom stereocenters. The third kappa shape index (κ3) is 5.50. The Labute approximate surface area is 138 Å². The highest BCUT2D eigenvalue weighted by molar-refractivity contribution is 6.31. The normalized spacial score (nSPS) is 20.4. The van der Waals surface area contributed by atoms with Crippen molar-refractivity contribution < 1.29 is 4.79 Å². The smallest absolute Gasteiger partial charge is 0.315 e. The fourth-order valence-electron chi connectivity index (χ4n) is 2.98. The van der Waals surface area contributed by atoms with Gasteiger partial charge in [0, 0.05) is 30.7 Å². The number of amides is 2. The molecule has 0 aliphatic carbocycles. The zero-order valence-electron chi connectivity index (χ0n) is 13.4. The molecule has 1 aliphatic rings. The van der Waals surface area contributed by atoms with Crippen LogP contribution in [0.2, 0.25) is 5.02 Å². The van der Waals surface area contributed by atoms with Gasteiger partial charge in [0.05, 0.1) is 0 Å². The van der Waals surface area contributed by atoms with Crippen molar-refractivity contribution in [1.82, 2.24) is 15.5 Å². The van der Waals surface area contributed by atoms with E-state index in [1.54, 1.807) is 0 Å². The second-order valence-corrected chi connectivity index (χ2v) is 6.73. The molecule has 2 rings (SSSR count). The van der Waals surface area contributed by atoms with Crippen molar-refractivity contribution in [3.63, 3.8) is 0 Å². The van der Waals surface area contributed by atoms with Crippen LogP contribution in [-0.2, 0) is 6.54 Å². The minimum Gasteiger partial charge on any atom is -0.334 e. The number of rotatable bonds is 5. The number of hydrogen-bond donors (Lipinski definition) is 2. The van der Waals surface area contributed by atoms with E-state index in [0.717, 1.165) is 31.1 Å². The van der Waals surface area contributed by atoms with Crippen molar-refractivity contribution in [3.05, 3.63) is 34.9 Å². The quantitative estimate of drug-likeness (QED) is 0.873. The lowest BCUT2D eigenvalue weighted by atomic mass is 10.00. The van der Waals surface area contributed by atoms with Crippen LogP contribution in [0, 0.1) is 5.92 Å². The fourth-order valence-corrected chi connectivity index (χ4v) is 3.18. The van der Waals surface area contributed by atoms with Crippen LogP contribution in [0.4, 0.5) is 4.79 Å². The molecule has 5 heteroatoms. The summed E-state index contributed by atoms with van der Waals surface area (Å²) in [5.74, 6) is 0.759. The lowest BCUT2D eigenvalue weighted by Crippen LogP contribution is -2.47. The maximum atomic E-state index is 12.0. The highest BCUT2D eigenvalue weighted by atomic mass is 35.5.